The summed E-state index contributed by atoms with van der Waals surface area (Å²) in [6, 6.07) is 8.26. The zero-order valence-electron chi connectivity index (χ0n) is 8.95. The third kappa shape index (κ3) is 1.04. The summed E-state index contributed by atoms with van der Waals surface area (Å²) in [5.74, 6) is 0.529. The molecule has 2 aliphatic rings. The van der Waals surface area contributed by atoms with Crippen molar-refractivity contribution in [3.63, 3.8) is 0 Å². The third-order valence-electron chi connectivity index (χ3n) is 3.91. The molecule has 1 fully saturated rings. The van der Waals surface area contributed by atoms with Crippen LogP contribution in [0, 0.1) is 5.92 Å². The van der Waals surface area contributed by atoms with Crippen LogP contribution in [0.3, 0.4) is 0 Å². The van der Waals surface area contributed by atoms with E-state index in [1.165, 1.54) is 11.1 Å². The zero-order chi connectivity index (χ0) is 11.3. The number of hydrogen-bond donors (Lipinski definition) is 0. The Morgan fingerprint density at radius 2 is 2.25 bits per heavy atom. The predicted octanol–water partition coefficient (Wildman–Crippen LogP) is 3.08. The monoisotopic (exact) mass is 232 g/mol. The average Bonchev–Trinajstić information content (AvgIpc) is 2.65. The van der Waals surface area contributed by atoms with E-state index in [0.29, 0.717) is 6.42 Å². The summed E-state index contributed by atoms with van der Waals surface area (Å²) in [4.78, 5) is 11.3. The molecule has 0 saturated heterocycles. The van der Waals surface area contributed by atoms with Crippen LogP contribution in [0.2, 0.25) is 0 Å². The minimum absolute atomic E-state index is 0.120. The number of carbonyl (C=O) groups excluding carboxylic acids is 1. The van der Waals surface area contributed by atoms with Crippen molar-refractivity contribution in [3.05, 3.63) is 48.0 Å². The molecule has 0 spiro atoms. The molecule has 3 atom stereocenters. The SMILES string of the molecule is C=CC[C@@]1(Cl)C(=O)[C@@H]2Cc3ccccc3[C@@H]21. The normalized spacial score (nSPS) is 35.2. The Bertz CT molecular complexity index is 479. The second kappa shape index (κ2) is 3.21. The standard InChI is InChI=1S/C14H13ClO/c1-2-7-14(15)12-10-6-4-3-5-9(10)8-11(12)13(14)16/h2-6,11-12H,1,7-8H2/t11-,12+,14+/m1/s1. The molecule has 0 aliphatic heterocycles. The van der Waals surface area contributed by atoms with Gasteiger partial charge in [0.2, 0.25) is 0 Å². The molecule has 2 aliphatic carbocycles. The van der Waals surface area contributed by atoms with Gasteiger partial charge in [0.05, 0.1) is 0 Å². The molecule has 0 aromatic heterocycles. The van der Waals surface area contributed by atoms with E-state index in [0.717, 1.165) is 6.42 Å². The molecule has 82 valence electrons. The molecule has 0 N–H and O–H groups in total. The molecule has 1 aromatic carbocycles. The Hall–Kier alpha value is -1.08. The van der Waals surface area contributed by atoms with Crippen molar-refractivity contribution in [1.29, 1.82) is 0 Å². The molecule has 0 amide bonds. The van der Waals surface area contributed by atoms with Gasteiger partial charge in [-0.05, 0) is 24.0 Å². The molecule has 0 heterocycles. The van der Waals surface area contributed by atoms with Gasteiger partial charge in [0.1, 0.15) is 4.87 Å². The third-order valence-corrected chi connectivity index (χ3v) is 4.49. The smallest absolute Gasteiger partial charge is 0.158 e. The number of fused-ring (bicyclic) bond motifs is 3. The lowest BCUT2D eigenvalue weighted by Gasteiger charge is -2.46. The van der Waals surface area contributed by atoms with Crippen LogP contribution in [0.15, 0.2) is 36.9 Å². The molecule has 16 heavy (non-hydrogen) atoms. The highest BCUT2D eigenvalue weighted by atomic mass is 35.5. The number of halogens is 1. The summed E-state index contributed by atoms with van der Waals surface area (Å²) in [6.07, 6.45) is 3.19. The number of alkyl halides is 1. The fourth-order valence-electron chi connectivity index (χ4n) is 3.21. The first-order chi connectivity index (χ1) is 7.68. The summed E-state index contributed by atoms with van der Waals surface area (Å²) in [5.41, 5.74) is 2.56. The topological polar surface area (TPSA) is 17.1 Å². The van der Waals surface area contributed by atoms with E-state index in [2.05, 4.69) is 18.7 Å². The van der Waals surface area contributed by atoms with Crippen LogP contribution in [0.5, 0.6) is 0 Å². The van der Waals surface area contributed by atoms with Gasteiger partial charge in [0, 0.05) is 11.8 Å². The Morgan fingerprint density at radius 1 is 1.50 bits per heavy atom. The molecule has 1 aromatic rings. The highest BCUT2D eigenvalue weighted by Crippen LogP contribution is 2.59. The molecule has 0 bridgehead atoms. The average molecular weight is 233 g/mol. The van der Waals surface area contributed by atoms with E-state index in [-0.39, 0.29) is 17.6 Å². The molecule has 1 nitrogen and oxygen atoms in total. The van der Waals surface area contributed by atoms with Crippen molar-refractivity contribution in [2.75, 3.05) is 0 Å². The largest absolute Gasteiger partial charge is 0.297 e. The van der Waals surface area contributed by atoms with Crippen LogP contribution in [-0.2, 0) is 11.2 Å². The number of ketones is 1. The summed E-state index contributed by atoms with van der Waals surface area (Å²) in [7, 11) is 0. The van der Waals surface area contributed by atoms with Crippen molar-refractivity contribution in [3.8, 4) is 0 Å². The van der Waals surface area contributed by atoms with E-state index in [1.54, 1.807) is 6.08 Å². The van der Waals surface area contributed by atoms with Crippen LogP contribution < -0.4 is 0 Å². The number of hydrogen-bond acceptors (Lipinski definition) is 1. The summed E-state index contributed by atoms with van der Waals surface area (Å²) in [5, 5.41) is 0. The van der Waals surface area contributed by atoms with Gasteiger partial charge in [-0.15, -0.1) is 18.2 Å². The first kappa shape index (κ1) is 10.1. The number of Topliss-reactive ketones (excluding diaryl/α,β-unsaturated/α-hetero) is 1. The van der Waals surface area contributed by atoms with Gasteiger partial charge in [0.25, 0.3) is 0 Å². The van der Waals surface area contributed by atoms with Gasteiger partial charge in [-0.1, -0.05) is 30.3 Å². The molecule has 3 rings (SSSR count). The van der Waals surface area contributed by atoms with Crippen LogP contribution in [0.1, 0.15) is 23.5 Å². The molecule has 1 saturated carbocycles. The quantitative estimate of drug-likeness (QED) is 0.566. The minimum atomic E-state index is -0.709. The lowest BCUT2D eigenvalue weighted by Crippen LogP contribution is -2.56. The van der Waals surface area contributed by atoms with Crippen LogP contribution in [0.4, 0.5) is 0 Å². The van der Waals surface area contributed by atoms with Crippen molar-refractivity contribution in [2.45, 2.75) is 23.6 Å². The van der Waals surface area contributed by atoms with Crippen molar-refractivity contribution < 1.29 is 4.79 Å². The molecular formula is C14H13ClO. The Morgan fingerprint density at radius 3 is 3.00 bits per heavy atom. The van der Waals surface area contributed by atoms with E-state index in [4.69, 9.17) is 11.6 Å². The first-order valence-electron chi connectivity index (χ1n) is 5.60. The van der Waals surface area contributed by atoms with E-state index < -0.39 is 4.87 Å². The van der Waals surface area contributed by atoms with Gasteiger partial charge in [-0.25, -0.2) is 0 Å². The van der Waals surface area contributed by atoms with Crippen LogP contribution in [-0.4, -0.2) is 10.7 Å². The lowest BCUT2D eigenvalue weighted by molar-refractivity contribution is -0.134. The van der Waals surface area contributed by atoms with Gasteiger partial charge in [-0.3, -0.25) is 4.79 Å². The summed E-state index contributed by atoms with van der Waals surface area (Å²) in [6.45, 7) is 3.70. The van der Waals surface area contributed by atoms with Crippen molar-refractivity contribution in [1.82, 2.24) is 0 Å². The maximum absolute atomic E-state index is 12.0. The number of benzene rings is 1. The zero-order valence-corrected chi connectivity index (χ0v) is 9.70. The van der Waals surface area contributed by atoms with Crippen molar-refractivity contribution >= 4 is 17.4 Å². The van der Waals surface area contributed by atoms with Crippen molar-refractivity contribution in [2.24, 2.45) is 5.92 Å². The Kier molecular flexibility index (Phi) is 2.02. The molecular weight excluding hydrogens is 220 g/mol. The number of carbonyl (C=O) groups is 1. The maximum atomic E-state index is 12.0. The minimum Gasteiger partial charge on any atom is -0.297 e. The highest BCUT2D eigenvalue weighted by Gasteiger charge is 2.63. The predicted molar refractivity (Wildman–Crippen MR) is 64.8 cm³/mol. The molecule has 0 unspecified atom stereocenters. The lowest BCUT2D eigenvalue weighted by atomic mass is 9.62. The summed E-state index contributed by atoms with van der Waals surface area (Å²) < 4.78 is 0. The van der Waals surface area contributed by atoms with Crippen LogP contribution >= 0.6 is 11.6 Å². The number of allylic oxidation sites excluding steroid dienone is 1. The van der Waals surface area contributed by atoms with Gasteiger partial charge in [0.15, 0.2) is 5.78 Å². The van der Waals surface area contributed by atoms with Gasteiger partial charge >= 0.3 is 0 Å². The van der Waals surface area contributed by atoms with E-state index in [9.17, 15) is 4.79 Å². The molecule has 0 radical (unpaired) electrons. The maximum Gasteiger partial charge on any atom is 0.158 e. The second-order valence-electron chi connectivity index (χ2n) is 4.71. The number of rotatable bonds is 2. The second-order valence-corrected chi connectivity index (χ2v) is 5.38. The fourth-order valence-corrected chi connectivity index (χ4v) is 3.73. The highest BCUT2D eigenvalue weighted by molar-refractivity contribution is 6.39. The van der Waals surface area contributed by atoms with Gasteiger partial charge < -0.3 is 0 Å². The van der Waals surface area contributed by atoms with E-state index >= 15 is 0 Å². The first-order valence-corrected chi connectivity index (χ1v) is 5.98. The fraction of sp³-hybridized carbons (Fsp3) is 0.357. The Labute approximate surface area is 100 Å². The Balaban J connectivity index is 2.05. The molecule has 2 heteroatoms. The van der Waals surface area contributed by atoms with E-state index in [1.807, 2.05) is 12.1 Å². The van der Waals surface area contributed by atoms with Gasteiger partial charge in [-0.2, -0.15) is 0 Å². The van der Waals surface area contributed by atoms with Crippen LogP contribution in [0.25, 0.3) is 0 Å². The summed E-state index contributed by atoms with van der Waals surface area (Å²) >= 11 is 6.47.